The number of H-pyrrole nitrogens is 1. The average molecular weight is 261 g/mol. The fourth-order valence-corrected chi connectivity index (χ4v) is 2.52. The van der Waals surface area contributed by atoms with Crippen molar-refractivity contribution in [3.05, 3.63) is 41.8 Å². The average Bonchev–Trinajstić information content (AvgIpc) is 3.00. The fraction of sp³-hybridized carbons (Fsp3) is 0.357. The third-order valence-electron chi connectivity index (χ3n) is 3.50. The molecule has 2 N–H and O–H groups in total. The largest absolute Gasteiger partial charge is 0.392 e. The zero-order valence-electron chi connectivity index (χ0n) is 10.5. The van der Waals surface area contributed by atoms with Crippen LogP contribution in [0.15, 0.2) is 30.5 Å². The van der Waals surface area contributed by atoms with Gasteiger partial charge in [-0.15, -0.1) is 0 Å². The van der Waals surface area contributed by atoms with Gasteiger partial charge in [-0.25, -0.2) is 4.39 Å². The lowest BCUT2D eigenvalue weighted by Crippen LogP contribution is -2.21. The highest BCUT2D eigenvalue weighted by atomic mass is 19.1. The Kier molecular flexibility index (Phi) is 3.31. The molecular formula is C14H16FN3O. The molecule has 100 valence electrons. The second-order valence-electron chi connectivity index (χ2n) is 4.93. The Hall–Kier alpha value is -1.72. The minimum Gasteiger partial charge on any atom is -0.392 e. The van der Waals surface area contributed by atoms with E-state index in [0.717, 1.165) is 24.2 Å². The van der Waals surface area contributed by atoms with Crippen LogP contribution in [-0.4, -0.2) is 39.4 Å². The number of rotatable bonds is 3. The Labute approximate surface area is 110 Å². The second kappa shape index (κ2) is 5.11. The third-order valence-corrected chi connectivity index (χ3v) is 3.50. The zero-order chi connectivity index (χ0) is 13.2. The second-order valence-corrected chi connectivity index (χ2v) is 4.93. The first-order valence-electron chi connectivity index (χ1n) is 6.41. The van der Waals surface area contributed by atoms with Crippen LogP contribution in [0.1, 0.15) is 12.0 Å². The molecule has 3 rings (SSSR count). The van der Waals surface area contributed by atoms with Crippen molar-refractivity contribution in [3.8, 4) is 11.3 Å². The molecule has 0 saturated carbocycles. The predicted octanol–water partition coefficient (Wildman–Crippen LogP) is 1.78. The monoisotopic (exact) mass is 261 g/mol. The van der Waals surface area contributed by atoms with Crippen LogP contribution in [-0.2, 0) is 6.54 Å². The van der Waals surface area contributed by atoms with E-state index in [4.69, 9.17) is 0 Å². The van der Waals surface area contributed by atoms with Crippen LogP contribution in [0, 0.1) is 5.82 Å². The standard InChI is InChI=1S/C14H16FN3O/c15-13-4-2-1-3-12(13)14-10(7-16-17-14)8-18-6-5-11(19)9-18/h1-4,7,11,19H,5-6,8-9H2,(H,16,17)/t11-/m1/s1. The summed E-state index contributed by atoms with van der Waals surface area (Å²) in [5.41, 5.74) is 2.22. The van der Waals surface area contributed by atoms with E-state index in [-0.39, 0.29) is 11.9 Å². The van der Waals surface area contributed by atoms with Crippen LogP contribution in [0.2, 0.25) is 0 Å². The number of aromatic amines is 1. The number of aromatic nitrogens is 2. The van der Waals surface area contributed by atoms with E-state index < -0.39 is 0 Å². The minimum absolute atomic E-state index is 0.246. The Morgan fingerprint density at radius 2 is 2.26 bits per heavy atom. The van der Waals surface area contributed by atoms with Gasteiger partial charge in [-0.05, 0) is 18.6 Å². The molecular weight excluding hydrogens is 245 g/mol. The minimum atomic E-state index is -0.255. The van der Waals surface area contributed by atoms with Crippen LogP contribution < -0.4 is 0 Å². The van der Waals surface area contributed by atoms with Gasteiger partial charge in [0.15, 0.2) is 0 Å². The molecule has 2 aromatic rings. The number of nitrogens with one attached hydrogen (secondary N) is 1. The first-order chi connectivity index (χ1) is 9.24. The summed E-state index contributed by atoms with van der Waals surface area (Å²) >= 11 is 0. The zero-order valence-corrected chi connectivity index (χ0v) is 10.5. The highest BCUT2D eigenvalue weighted by molar-refractivity contribution is 5.63. The smallest absolute Gasteiger partial charge is 0.132 e. The van der Waals surface area contributed by atoms with Crippen LogP contribution in [0.5, 0.6) is 0 Å². The molecule has 1 aliphatic rings. The van der Waals surface area contributed by atoms with E-state index >= 15 is 0 Å². The first-order valence-corrected chi connectivity index (χ1v) is 6.41. The van der Waals surface area contributed by atoms with Gasteiger partial charge in [-0.2, -0.15) is 5.10 Å². The lowest BCUT2D eigenvalue weighted by atomic mass is 10.1. The molecule has 1 atom stereocenters. The Morgan fingerprint density at radius 3 is 3.00 bits per heavy atom. The normalized spacial score (nSPS) is 20.0. The van der Waals surface area contributed by atoms with E-state index in [2.05, 4.69) is 15.1 Å². The van der Waals surface area contributed by atoms with Crippen molar-refractivity contribution >= 4 is 0 Å². The fourth-order valence-electron chi connectivity index (χ4n) is 2.52. The third kappa shape index (κ3) is 2.52. The molecule has 1 fully saturated rings. The van der Waals surface area contributed by atoms with Gasteiger partial charge in [0.2, 0.25) is 0 Å². The summed E-state index contributed by atoms with van der Waals surface area (Å²) in [5.74, 6) is -0.255. The lowest BCUT2D eigenvalue weighted by Gasteiger charge is -2.14. The van der Waals surface area contributed by atoms with Crippen molar-refractivity contribution in [2.24, 2.45) is 0 Å². The summed E-state index contributed by atoms with van der Waals surface area (Å²) in [4.78, 5) is 2.15. The Bertz CT molecular complexity index is 569. The molecule has 5 heteroatoms. The summed E-state index contributed by atoms with van der Waals surface area (Å²) in [6, 6.07) is 6.67. The van der Waals surface area contributed by atoms with Gasteiger partial charge in [0.1, 0.15) is 5.82 Å². The van der Waals surface area contributed by atoms with Gasteiger partial charge in [0, 0.05) is 30.8 Å². The number of likely N-dealkylation sites (tertiary alicyclic amines) is 1. The maximum atomic E-state index is 13.8. The van der Waals surface area contributed by atoms with Crippen LogP contribution >= 0.6 is 0 Å². The molecule has 0 amide bonds. The molecule has 0 bridgehead atoms. The molecule has 1 saturated heterocycles. The number of nitrogens with zero attached hydrogens (tertiary/aromatic N) is 2. The van der Waals surface area contributed by atoms with Gasteiger partial charge in [-0.1, -0.05) is 12.1 Å². The molecule has 0 aliphatic carbocycles. The van der Waals surface area contributed by atoms with Crippen molar-refractivity contribution in [2.45, 2.75) is 19.1 Å². The highest BCUT2D eigenvalue weighted by Crippen LogP contribution is 2.25. The number of hydrogen-bond acceptors (Lipinski definition) is 3. The molecule has 2 heterocycles. The molecule has 0 radical (unpaired) electrons. The molecule has 1 aromatic carbocycles. The predicted molar refractivity (Wildman–Crippen MR) is 69.9 cm³/mol. The van der Waals surface area contributed by atoms with E-state index in [9.17, 15) is 9.50 Å². The number of aliphatic hydroxyl groups excluding tert-OH is 1. The van der Waals surface area contributed by atoms with Crippen LogP contribution in [0.25, 0.3) is 11.3 Å². The number of β-amino-alcohol motifs (C(OH)–C–C–N with tert-alkyl or cyclic N) is 1. The van der Waals surface area contributed by atoms with Crippen molar-refractivity contribution in [2.75, 3.05) is 13.1 Å². The van der Waals surface area contributed by atoms with Crippen molar-refractivity contribution in [1.82, 2.24) is 15.1 Å². The van der Waals surface area contributed by atoms with Gasteiger partial charge in [0.05, 0.1) is 18.0 Å². The van der Waals surface area contributed by atoms with Crippen molar-refractivity contribution in [1.29, 1.82) is 0 Å². The number of halogens is 1. The summed E-state index contributed by atoms with van der Waals surface area (Å²) in [6.07, 6.45) is 2.28. The van der Waals surface area contributed by atoms with E-state index in [1.165, 1.54) is 6.07 Å². The molecule has 4 nitrogen and oxygen atoms in total. The number of hydrogen-bond donors (Lipinski definition) is 2. The SMILES string of the molecule is O[C@@H]1CCN(Cc2cn[nH]c2-c2ccccc2F)C1. The molecule has 0 unspecified atom stereocenters. The number of benzene rings is 1. The van der Waals surface area contributed by atoms with E-state index in [1.54, 1.807) is 18.3 Å². The lowest BCUT2D eigenvalue weighted by molar-refractivity contribution is 0.175. The van der Waals surface area contributed by atoms with Crippen LogP contribution in [0.4, 0.5) is 4.39 Å². The maximum Gasteiger partial charge on any atom is 0.132 e. The Balaban J connectivity index is 1.85. The molecule has 19 heavy (non-hydrogen) atoms. The van der Waals surface area contributed by atoms with Crippen molar-refractivity contribution in [3.63, 3.8) is 0 Å². The van der Waals surface area contributed by atoms with Crippen LogP contribution in [0.3, 0.4) is 0 Å². The van der Waals surface area contributed by atoms with E-state index in [1.807, 2.05) is 6.07 Å². The molecule has 1 aliphatic heterocycles. The molecule has 0 spiro atoms. The Morgan fingerprint density at radius 1 is 1.42 bits per heavy atom. The summed E-state index contributed by atoms with van der Waals surface area (Å²) in [5, 5.41) is 16.4. The van der Waals surface area contributed by atoms with Gasteiger partial charge >= 0.3 is 0 Å². The summed E-state index contributed by atoms with van der Waals surface area (Å²) < 4.78 is 13.8. The van der Waals surface area contributed by atoms with Gasteiger partial charge in [0.25, 0.3) is 0 Å². The van der Waals surface area contributed by atoms with Crippen molar-refractivity contribution < 1.29 is 9.50 Å². The topological polar surface area (TPSA) is 52.1 Å². The quantitative estimate of drug-likeness (QED) is 0.885. The highest BCUT2D eigenvalue weighted by Gasteiger charge is 2.22. The van der Waals surface area contributed by atoms with Gasteiger partial charge in [-0.3, -0.25) is 10.00 Å². The van der Waals surface area contributed by atoms with Gasteiger partial charge < -0.3 is 5.11 Å². The molecule has 1 aromatic heterocycles. The maximum absolute atomic E-state index is 13.8. The summed E-state index contributed by atoms with van der Waals surface area (Å²) in [7, 11) is 0. The van der Waals surface area contributed by atoms with E-state index in [0.29, 0.717) is 18.7 Å². The summed E-state index contributed by atoms with van der Waals surface area (Å²) in [6.45, 7) is 2.21. The first kappa shape index (κ1) is 12.3. The number of aliphatic hydroxyl groups is 1.